The second kappa shape index (κ2) is 8.07. The minimum atomic E-state index is -0.112. The molecule has 158 valence electrons. The zero-order valence-electron chi connectivity index (χ0n) is 17.3. The van der Waals surface area contributed by atoms with Crippen molar-refractivity contribution < 1.29 is 9.53 Å². The predicted octanol–water partition coefficient (Wildman–Crippen LogP) is 3.85. The van der Waals surface area contributed by atoms with E-state index in [2.05, 4.69) is 21.2 Å². The van der Waals surface area contributed by atoms with Crippen LogP contribution in [0.5, 0.6) is 5.75 Å². The van der Waals surface area contributed by atoms with Crippen LogP contribution in [-0.4, -0.2) is 55.7 Å². The summed E-state index contributed by atoms with van der Waals surface area (Å²) in [5, 5.41) is 8.42. The minimum Gasteiger partial charge on any atom is -0.497 e. The molecule has 1 fully saturated rings. The number of amides is 1. The number of hydrogen-bond acceptors (Lipinski definition) is 6. The molecule has 5 rings (SSSR count). The summed E-state index contributed by atoms with van der Waals surface area (Å²) in [7, 11) is 1.59. The fraction of sp³-hybridized carbons (Fsp3) is 0.273. The summed E-state index contributed by atoms with van der Waals surface area (Å²) in [4.78, 5) is 26.5. The van der Waals surface area contributed by atoms with Gasteiger partial charge in [-0.1, -0.05) is 6.07 Å². The van der Waals surface area contributed by atoms with Crippen molar-refractivity contribution in [3.8, 4) is 11.4 Å². The van der Waals surface area contributed by atoms with Gasteiger partial charge in [-0.2, -0.15) is 15.0 Å². The van der Waals surface area contributed by atoms with Gasteiger partial charge in [-0.15, -0.1) is 11.8 Å². The lowest BCUT2D eigenvalue weighted by Gasteiger charge is -2.24. The molecule has 1 N–H and O–H groups in total. The lowest BCUT2D eigenvalue weighted by molar-refractivity contribution is 0.0730. The van der Waals surface area contributed by atoms with Gasteiger partial charge < -0.3 is 14.6 Å². The highest BCUT2D eigenvalue weighted by molar-refractivity contribution is 7.98. The van der Waals surface area contributed by atoms with Gasteiger partial charge in [-0.3, -0.25) is 4.79 Å². The van der Waals surface area contributed by atoms with Crippen molar-refractivity contribution in [2.75, 3.05) is 19.9 Å². The average Bonchev–Trinajstić information content (AvgIpc) is 3.57. The number of hydrogen-bond donors (Lipinski definition) is 1. The second-order valence-corrected chi connectivity index (χ2v) is 8.18. The Labute approximate surface area is 183 Å². The van der Waals surface area contributed by atoms with Crippen LogP contribution in [0.25, 0.3) is 16.7 Å². The number of thioether (sulfide) groups is 1. The van der Waals surface area contributed by atoms with Gasteiger partial charge in [0.1, 0.15) is 11.6 Å². The van der Waals surface area contributed by atoms with E-state index in [-0.39, 0.29) is 11.9 Å². The number of H-pyrrole nitrogens is 1. The molecule has 9 heteroatoms. The van der Waals surface area contributed by atoms with Crippen molar-refractivity contribution in [1.29, 1.82) is 0 Å². The number of benzene rings is 2. The Hall–Kier alpha value is -3.33. The maximum atomic E-state index is 13.7. The molecule has 0 saturated carbocycles. The summed E-state index contributed by atoms with van der Waals surface area (Å²) in [5.41, 5.74) is 3.06. The molecule has 1 unspecified atom stereocenters. The van der Waals surface area contributed by atoms with E-state index in [1.165, 1.54) is 4.80 Å². The van der Waals surface area contributed by atoms with Crippen LogP contribution < -0.4 is 4.74 Å². The molecule has 1 aliphatic rings. The quantitative estimate of drug-likeness (QED) is 0.480. The molecule has 31 heavy (non-hydrogen) atoms. The van der Waals surface area contributed by atoms with Crippen LogP contribution in [0.15, 0.2) is 53.7 Å². The highest BCUT2D eigenvalue weighted by Gasteiger charge is 2.34. The van der Waals surface area contributed by atoms with Gasteiger partial charge in [-0.25, -0.2) is 4.98 Å². The monoisotopic (exact) mass is 434 g/mol. The van der Waals surface area contributed by atoms with Crippen LogP contribution in [0.2, 0.25) is 0 Å². The SMILES string of the molecule is COc1ccc(-n2nccn2)c(C(=O)N2CCCC2c2nc3cccc(SC)c3[nH]2)c1. The molecule has 0 radical (unpaired) electrons. The van der Waals surface area contributed by atoms with Gasteiger partial charge in [0, 0.05) is 11.4 Å². The fourth-order valence-corrected chi connectivity index (χ4v) is 4.70. The zero-order valence-corrected chi connectivity index (χ0v) is 18.1. The van der Waals surface area contributed by atoms with E-state index in [9.17, 15) is 4.79 Å². The first kappa shape index (κ1) is 19.6. The molecule has 1 amide bonds. The number of nitrogens with zero attached hydrogens (tertiary/aromatic N) is 5. The van der Waals surface area contributed by atoms with Crippen LogP contribution in [-0.2, 0) is 0 Å². The number of likely N-dealkylation sites (tertiary alicyclic amines) is 1. The molecule has 4 aromatic rings. The summed E-state index contributed by atoms with van der Waals surface area (Å²) >= 11 is 1.68. The number of ether oxygens (including phenoxy) is 1. The third kappa shape index (κ3) is 3.44. The van der Waals surface area contributed by atoms with E-state index in [1.54, 1.807) is 43.4 Å². The van der Waals surface area contributed by atoms with E-state index in [1.807, 2.05) is 29.4 Å². The summed E-state index contributed by atoms with van der Waals surface area (Å²) < 4.78 is 5.38. The Kier molecular flexibility index (Phi) is 5.11. The highest BCUT2D eigenvalue weighted by Crippen LogP contribution is 2.35. The molecule has 3 heterocycles. The minimum absolute atomic E-state index is 0.0840. The molecular weight excluding hydrogens is 412 g/mol. The van der Waals surface area contributed by atoms with Gasteiger partial charge in [0.25, 0.3) is 5.91 Å². The van der Waals surface area contributed by atoms with E-state index in [0.717, 1.165) is 34.6 Å². The number of rotatable bonds is 5. The number of methoxy groups -OCH3 is 1. The van der Waals surface area contributed by atoms with Crippen LogP contribution in [0.4, 0.5) is 0 Å². The van der Waals surface area contributed by atoms with Crippen LogP contribution in [0.1, 0.15) is 35.1 Å². The van der Waals surface area contributed by atoms with Gasteiger partial charge in [-0.05, 0) is 49.4 Å². The lowest BCUT2D eigenvalue weighted by Crippen LogP contribution is -2.32. The summed E-state index contributed by atoms with van der Waals surface area (Å²) in [6, 6.07) is 11.3. The molecule has 8 nitrogen and oxygen atoms in total. The molecule has 1 aliphatic heterocycles. The van der Waals surface area contributed by atoms with Crippen molar-refractivity contribution in [2.24, 2.45) is 0 Å². The Morgan fingerprint density at radius 2 is 2.06 bits per heavy atom. The van der Waals surface area contributed by atoms with Crippen LogP contribution in [0.3, 0.4) is 0 Å². The number of aromatic amines is 1. The molecule has 1 atom stereocenters. The standard InChI is InChI=1S/C22H22N6O2S/c1-30-14-8-9-17(28-23-10-11-24-28)15(13-14)22(29)27-12-4-6-18(27)21-25-16-5-3-7-19(31-2)20(16)26-21/h3,5,7-11,13,18H,4,6,12H2,1-2H3,(H,25,26). The molecule has 0 bridgehead atoms. The van der Waals surface area contributed by atoms with E-state index in [4.69, 9.17) is 9.72 Å². The van der Waals surface area contributed by atoms with Gasteiger partial charge in [0.2, 0.25) is 0 Å². The number of aromatic nitrogens is 5. The Balaban J connectivity index is 1.54. The first-order chi connectivity index (χ1) is 15.2. The van der Waals surface area contributed by atoms with Crippen molar-refractivity contribution in [1.82, 2.24) is 29.9 Å². The van der Waals surface area contributed by atoms with Crippen LogP contribution >= 0.6 is 11.8 Å². The molecule has 0 aliphatic carbocycles. The molecule has 0 spiro atoms. The van der Waals surface area contributed by atoms with Gasteiger partial charge in [0.15, 0.2) is 0 Å². The second-order valence-electron chi connectivity index (χ2n) is 7.33. The molecular formula is C22H22N6O2S. The fourth-order valence-electron chi connectivity index (χ4n) is 4.13. The maximum Gasteiger partial charge on any atom is 0.256 e. The predicted molar refractivity (Wildman–Crippen MR) is 119 cm³/mol. The van der Waals surface area contributed by atoms with Crippen molar-refractivity contribution in [3.05, 3.63) is 60.2 Å². The van der Waals surface area contributed by atoms with Crippen molar-refractivity contribution in [2.45, 2.75) is 23.8 Å². The number of nitrogens with one attached hydrogen (secondary N) is 1. The van der Waals surface area contributed by atoms with Gasteiger partial charge in [0.05, 0.1) is 47.8 Å². The summed E-state index contributed by atoms with van der Waals surface area (Å²) in [6.07, 6.45) is 7.01. The number of carbonyl (C=O) groups excluding carboxylic acids is 1. The lowest BCUT2D eigenvalue weighted by atomic mass is 10.1. The average molecular weight is 435 g/mol. The first-order valence-corrected chi connectivity index (χ1v) is 11.3. The normalized spacial score (nSPS) is 16.2. The van der Waals surface area contributed by atoms with Crippen LogP contribution in [0, 0.1) is 0 Å². The highest BCUT2D eigenvalue weighted by atomic mass is 32.2. The van der Waals surface area contributed by atoms with Crippen molar-refractivity contribution in [3.63, 3.8) is 0 Å². The zero-order chi connectivity index (χ0) is 21.4. The van der Waals surface area contributed by atoms with Gasteiger partial charge >= 0.3 is 0 Å². The number of carbonyl (C=O) groups is 1. The number of fused-ring (bicyclic) bond motifs is 1. The topological polar surface area (TPSA) is 88.9 Å². The molecule has 1 saturated heterocycles. The van der Waals surface area contributed by atoms with Crippen molar-refractivity contribution >= 4 is 28.7 Å². The number of imidazole rings is 1. The molecule has 2 aromatic heterocycles. The van der Waals surface area contributed by atoms with E-state index < -0.39 is 0 Å². The largest absolute Gasteiger partial charge is 0.497 e. The Bertz CT molecular complexity index is 1240. The third-order valence-electron chi connectivity index (χ3n) is 5.62. The Morgan fingerprint density at radius 1 is 1.23 bits per heavy atom. The Morgan fingerprint density at radius 3 is 2.84 bits per heavy atom. The number of para-hydroxylation sites is 1. The first-order valence-electron chi connectivity index (χ1n) is 10.1. The van der Waals surface area contributed by atoms with E-state index in [0.29, 0.717) is 23.5 Å². The third-order valence-corrected chi connectivity index (χ3v) is 6.40. The smallest absolute Gasteiger partial charge is 0.256 e. The summed E-state index contributed by atoms with van der Waals surface area (Å²) in [5.74, 6) is 1.35. The maximum absolute atomic E-state index is 13.7. The molecule has 2 aromatic carbocycles. The summed E-state index contributed by atoms with van der Waals surface area (Å²) in [6.45, 7) is 0.666. The van der Waals surface area contributed by atoms with E-state index >= 15 is 0 Å².